The number of nitrogens with zero attached hydrogens (tertiary/aromatic N) is 1. The Morgan fingerprint density at radius 3 is 2.25 bits per heavy atom. The molecule has 0 unspecified atom stereocenters. The normalized spacial score (nSPS) is 15.3. The van der Waals surface area contributed by atoms with Crippen LogP contribution < -0.4 is 14.2 Å². The minimum absolute atomic E-state index is 0.00985. The predicted molar refractivity (Wildman–Crippen MR) is 76.5 cm³/mol. The molecular formula is C15H18ClNO3. The van der Waals surface area contributed by atoms with Gasteiger partial charge in [-0.25, -0.2) is 0 Å². The van der Waals surface area contributed by atoms with E-state index in [2.05, 4.69) is 6.07 Å². The summed E-state index contributed by atoms with van der Waals surface area (Å²) >= 11 is 5.85. The van der Waals surface area contributed by atoms with E-state index in [1.807, 2.05) is 12.1 Å². The van der Waals surface area contributed by atoms with E-state index in [-0.39, 0.29) is 5.41 Å². The zero-order valence-corrected chi connectivity index (χ0v) is 12.5. The first-order valence-electron chi connectivity index (χ1n) is 6.48. The molecule has 4 nitrogen and oxygen atoms in total. The Kier molecular flexibility index (Phi) is 4.61. The number of ether oxygens (including phenoxy) is 3. The number of hydrogen-bond acceptors (Lipinski definition) is 4. The van der Waals surface area contributed by atoms with E-state index in [0.29, 0.717) is 36.2 Å². The Morgan fingerprint density at radius 2 is 1.85 bits per heavy atom. The average Bonchev–Trinajstić information content (AvgIpc) is 3.24. The third kappa shape index (κ3) is 3.10. The maximum atomic E-state index is 8.84. The van der Waals surface area contributed by atoms with Crippen molar-refractivity contribution in [1.82, 2.24) is 0 Å². The van der Waals surface area contributed by atoms with Crippen molar-refractivity contribution in [2.24, 2.45) is 5.41 Å². The quantitative estimate of drug-likeness (QED) is 0.722. The maximum absolute atomic E-state index is 8.84. The second-order valence-electron chi connectivity index (χ2n) is 5.09. The van der Waals surface area contributed by atoms with Crippen LogP contribution in [0.1, 0.15) is 24.8 Å². The van der Waals surface area contributed by atoms with Gasteiger partial charge in [-0.3, -0.25) is 0 Å². The number of benzene rings is 1. The number of rotatable bonds is 7. The highest BCUT2D eigenvalue weighted by atomic mass is 35.5. The molecule has 20 heavy (non-hydrogen) atoms. The molecule has 0 saturated heterocycles. The molecule has 0 radical (unpaired) electrons. The summed E-state index contributed by atoms with van der Waals surface area (Å²) in [5.74, 6) is 2.17. The van der Waals surface area contributed by atoms with E-state index < -0.39 is 0 Å². The molecule has 0 atom stereocenters. The average molecular weight is 296 g/mol. The van der Waals surface area contributed by atoms with Crippen molar-refractivity contribution in [3.63, 3.8) is 0 Å². The van der Waals surface area contributed by atoms with Gasteiger partial charge in [-0.1, -0.05) is 0 Å². The van der Waals surface area contributed by atoms with Crippen molar-refractivity contribution >= 4 is 11.6 Å². The van der Waals surface area contributed by atoms with Gasteiger partial charge in [0.25, 0.3) is 0 Å². The third-order valence-electron chi connectivity index (χ3n) is 3.61. The van der Waals surface area contributed by atoms with Gasteiger partial charge in [0.1, 0.15) is 0 Å². The van der Waals surface area contributed by atoms with E-state index in [1.54, 1.807) is 14.2 Å². The molecule has 1 aliphatic rings. The van der Waals surface area contributed by atoms with Crippen LogP contribution in [-0.4, -0.2) is 20.8 Å². The van der Waals surface area contributed by atoms with Gasteiger partial charge in [0, 0.05) is 17.7 Å². The van der Waals surface area contributed by atoms with Crippen LogP contribution in [0.4, 0.5) is 0 Å². The number of methoxy groups -OCH3 is 2. The zero-order chi connectivity index (χ0) is 14.6. The fourth-order valence-electron chi connectivity index (χ4n) is 2.10. The SMILES string of the molecule is COc1cc(CCl)cc(OC)c1OCC1(CC#N)CC1. The molecular weight excluding hydrogens is 278 g/mol. The van der Waals surface area contributed by atoms with Crippen LogP contribution in [0.15, 0.2) is 12.1 Å². The van der Waals surface area contributed by atoms with Crippen LogP contribution in [0.25, 0.3) is 0 Å². The lowest BCUT2D eigenvalue weighted by Gasteiger charge is -2.18. The Balaban J connectivity index is 2.19. The number of nitriles is 1. The highest BCUT2D eigenvalue weighted by molar-refractivity contribution is 6.17. The van der Waals surface area contributed by atoms with Crippen molar-refractivity contribution < 1.29 is 14.2 Å². The molecule has 1 fully saturated rings. The second-order valence-corrected chi connectivity index (χ2v) is 5.35. The maximum Gasteiger partial charge on any atom is 0.203 e. The molecule has 2 rings (SSSR count). The lowest BCUT2D eigenvalue weighted by molar-refractivity contribution is 0.217. The molecule has 108 valence electrons. The second kappa shape index (κ2) is 6.23. The van der Waals surface area contributed by atoms with Crippen molar-refractivity contribution in [2.45, 2.75) is 25.1 Å². The summed E-state index contributed by atoms with van der Waals surface area (Å²) in [7, 11) is 3.17. The Hall–Kier alpha value is -1.60. The van der Waals surface area contributed by atoms with Gasteiger partial charge in [0.2, 0.25) is 5.75 Å². The summed E-state index contributed by atoms with van der Waals surface area (Å²) in [4.78, 5) is 0. The number of halogens is 1. The summed E-state index contributed by atoms with van der Waals surface area (Å²) in [5, 5.41) is 8.84. The summed E-state index contributed by atoms with van der Waals surface area (Å²) < 4.78 is 16.6. The van der Waals surface area contributed by atoms with Gasteiger partial charge >= 0.3 is 0 Å². The fraction of sp³-hybridized carbons (Fsp3) is 0.533. The van der Waals surface area contributed by atoms with Gasteiger partial charge in [0.05, 0.1) is 26.9 Å². The highest BCUT2D eigenvalue weighted by Gasteiger charge is 2.43. The van der Waals surface area contributed by atoms with Gasteiger partial charge in [-0.15, -0.1) is 11.6 Å². The van der Waals surface area contributed by atoms with Crippen LogP contribution >= 0.6 is 11.6 Å². The van der Waals surface area contributed by atoms with E-state index in [1.165, 1.54) is 0 Å². The van der Waals surface area contributed by atoms with E-state index in [4.69, 9.17) is 31.1 Å². The topological polar surface area (TPSA) is 51.5 Å². The molecule has 1 aromatic carbocycles. The molecule has 0 spiro atoms. The van der Waals surface area contributed by atoms with Gasteiger partial charge < -0.3 is 14.2 Å². The molecule has 1 saturated carbocycles. The Bertz CT molecular complexity index is 495. The predicted octanol–water partition coefficient (Wildman–Crippen LogP) is 3.52. The zero-order valence-electron chi connectivity index (χ0n) is 11.7. The third-order valence-corrected chi connectivity index (χ3v) is 3.92. The van der Waals surface area contributed by atoms with Crippen LogP contribution in [0.3, 0.4) is 0 Å². The van der Waals surface area contributed by atoms with Crippen molar-refractivity contribution in [3.8, 4) is 23.3 Å². The van der Waals surface area contributed by atoms with Gasteiger partial charge in [-0.05, 0) is 30.5 Å². The molecule has 1 aromatic rings. The Morgan fingerprint density at radius 1 is 1.25 bits per heavy atom. The smallest absolute Gasteiger partial charge is 0.203 e. The molecule has 0 aromatic heterocycles. The lowest BCUT2D eigenvalue weighted by atomic mass is 10.1. The minimum atomic E-state index is 0.00985. The summed E-state index contributed by atoms with van der Waals surface area (Å²) in [6.45, 7) is 0.507. The van der Waals surface area contributed by atoms with Crippen LogP contribution in [0, 0.1) is 16.7 Å². The lowest BCUT2D eigenvalue weighted by Crippen LogP contribution is -2.13. The standard InChI is InChI=1S/C15H18ClNO3/c1-18-12-7-11(9-16)8-13(19-2)14(12)20-10-15(3-4-15)5-6-17/h7-8H,3-5,9-10H2,1-2H3. The molecule has 0 aliphatic heterocycles. The molecule has 5 heteroatoms. The number of hydrogen-bond donors (Lipinski definition) is 0. The molecule has 0 amide bonds. The monoisotopic (exact) mass is 295 g/mol. The van der Waals surface area contributed by atoms with E-state index in [9.17, 15) is 0 Å². The first kappa shape index (κ1) is 14.8. The van der Waals surface area contributed by atoms with Crippen LogP contribution in [0.2, 0.25) is 0 Å². The largest absolute Gasteiger partial charge is 0.493 e. The summed E-state index contributed by atoms with van der Waals surface area (Å²) in [6.07, 6.45) is 2.59. The summed E-state index contributed by atoms with van der Waals surface area (Å²) in [6, 6.07) is 5.91. The first-order chi connectivity index (χ1) is 9.68. The van der Waals surface area contributed by atoms with Crippen molar-refractivity contribution in [3.05, 3.63) is 17.7 Å². The Labute approximate surface area is 124 Å². The molecule has 0 N–H and O–H groups in total. The highest BCUT2D eigenvalue weighted by Crippen LogP contribution is 2.50. The van der Waals surface area contributed by atoms with Crippen LogP contribution in [-0.2, 0) is 5.88 Å². The number of alkyl halides is 1. The first-order valence-corrected chi connectivity index (χ1v) is 7.02. The fourth-order valence-corrected chi connectivity index (χ4v) is 2.25. The van der Waals surface area contributed by atoms with Crippen molar-refractivity contribution in [2.75, 3.05) is 20.8 Å². The molecule has 0 bridgehead atoms. The van der Waals surface area contributed by atoms with Crippen molar-refractivity contribution in [1.29, 1.82) is 5.26 Å². The van der Waals surface area contributed by atoms with Crippen LogP contribution in [0.5, 0.6) is 17.2 Å². The van der Waals surface area contributed by atoms with E-state index in [0.717, 1.165) is 18.4 Å². The van der Waals surface area contributed by atoms with E-state index >= 15 is 0 Å². The van der Waals surface area contributed by atoms with Gasteiger partial charge in [0.15, 0.2) is 11.5 Å². The molecule has 1 aliphatic carbocycles. The molecule has 0 heterocycles. The van der Waals surface area contributed by atoms with Gasteiger partial charge in [-0.2, -0.15) is 5.26 Å². The summed E-state index contributed by atoms with van der Waals surface area (Å²) in [5.41, 5.74) is 0.918. The minimum Gasteiger partial charge on any atom is -0.493 e.